The molecule has 4 aromatic carbocycles. The first kappa shape index (κ1) is 36.1. The van der Waals surface area contributed by atoms with Gasteiger partial charge in [-0.15, -0.1) is 11.6 Å². The maximum Gasteiger partial charge on any atom is 0.500 e. The van der Waals surface area contributed by atoms with Crippen molar-refractivity contribution in [1.29, 1.82) is 0 Å². The molecule has 0 heterocycles. The van der Waals surface area contributed by atoms with Crippen molar-refractivity contribution in [3.8, 4) is 0 Å². The number of hydrogen-bond donors (Lipinski definition) is 0. The van der Waals surface area contributed by atoms with Gasteiger partial charge in [0.1, 0.15) is 0 Å². The van der Waals surface area contributed by atoms with Crippen LogP contribution in [0.3, 0.4) is 0 Å². The van der Waals surface area contributed by atoms with E-state index >= 15 is 0 Å². The highest BCUT2D eigenvalue weighted by Crippen LogP contribution is 2.20. The Balaban J connectivity index is 0.000000411. The van der Waals surface area contributed by atoms with Crippen LogP contribution in [-0.2, 0) is 26.2 Å². The van der Waals surface area contributed by atoms with E-state index < -0.39 is 25.9 Å². The zero-order valence-electron chi connectivity index (χ0n) is 26.4. The molecule has 0 radical (unpaired) electrons. The van der Waals surface area contributed by atoms with Crippen LogP contribution >= 0.6 is 11.6 Å². The lowest BCUT2D eigenvalue weighted by molar-refractivity contribution is 0.123. The van der Waals surface area contributed by atoms with Crippen LogP contribution in [-0.4, -0.2) is 66.3 Å². The van der Waals surface area contributed by atoms with Gasteiger partial charge >= 0.3 is 25.9 Å². The van der Waals surface area contributed by atoms with Crippen LogP contribution in [0.1, 0.15) is 20.3 Å². The average molecular weight is 669 g/mol. The van der Waals surface area contributed by atoms with Gasteiger partial charge in [0.25, 0.3) is 0 Å². The fraction of sp³-hybridized carbons (Fsp3) is 0.294. The molecular formula is C34H45ClO6Si3. The SMILES string of the molecule is CCO[Si](O[Si](OCC)(c1ccccc1)c1ccccc1)(c1ccccc1)c1ccccc1.CO[Si](CCCCl)(OC)OC. The summed E-state index contributed by atoms with van der Waals surface area (Å²) in [6.45, 7) is 5.14. The Bertz CT molecular complexity index is 1140. The topological polar surface area (TPSA) is 55.4 Å². The zero-order valence-corrected chi connectivity index (χ0v) is 30.2. The maximum absolute atomic E-state index is 7.48. The van der Waals surface area contributed by atoms with Gasteiger partial charge in [0.2, 0.25) is 0 Å². The summed E-state index contributed by atoms with van der Waals surface area (Å²) >= 11 is 5.53. The number of alkyl halides is 1. The first-order valence-corrected chi connectivity index (χ1v) is 21.0. The maximum atomic E-state index is 7.48. The third-order valence-corrected chi connectivity index (χ3v) is 18.3. The van der Waals surface area contributed by atoms with Gasteiger partial charge in [0.05, 0.1) is 0 Å². The summed E-state index contributed by atoms with van der Waals surface area (Å²) in [6.07, 6.45) is 0.864. The van der Waals surface area contributed by atoms with Crippen LogP contribution in [0.4, 0.5) is 0 Å². The van der Waals surface area contributed by atoms with E-state index in [1.807, 2.05) is 38.1 Å². The normalized spacial score (nSPS) is 12.0. The molecule has 0 saturated carbocycles. The second kappa shape index (κ2) is 18.5. The molecule has 0 aliphatic heterocycles. The summed E-state index contributed by atoms with van der Waals surface area (Å²) in [5.41, 5.74) is 0. The quantitative estimate of drug-likeness (QED) is 0.123. The molecule has 4 aromatic rings. The molecule has 0 bridgehead atoms. The van der Waals surface area contributed by atoms with Gasteiger partial charge in [-0.2, -0.15) is 0 Å². The highest BCUT2D eigenvalue weighted by atomic mass is 35.5. The zero-order chi connectivity index (χ0) is 31.7. The lowest BCUT2D eigenvalue weighted by Gasteiger charge is -2.41. The summed E-state index contributed by atoms with van der Waals surface area (Å²) in [5.74, 6) is 0.616. The van der Waals surface area contributed by atoms with Crippen molar-refractivity contribution in [2.75, 3.05) is 40.4 Å². The summed E-state index contributed by atoms with van der Waals surface area (Å²) in [5, 5.41) is 4.28. The standard InChI is InChI=1S/C28H30O3Si2.C6H15ClO3Si/c1-3-29-32(25-17-9-5-10-18-25,26-19-11-6-12-20-26)31-33(30-4-2,27-21-13-7-14-22-27)28-23-15-8-16-24-28;1-8-11(9-2,10-3)6-4-5-7/h5-24H,3-4H2,1-2H3;4-6H2,1-3H3. The molecular weight excluding hydrogens is 624 g/mol. The van der Waals surface area contributed by atoms with Gasteiger partial charge in [0.15, 0.2) is 0 Å². The van der Waals surface area contributed by atoms with Gasteiger partial charge in [-0.1, -0.05) is 121 Å². The first-order chi connectivity index (χ1) is 21.5. The van der Waals surface area contributed by atoms with Gasteiger partial charge in [-0.05, 0) is 41.0 Å². The van der Waals surface area contributed by atoms with E-state index in [1.54, 1.807) is 21.3 Å². The molecule has 44 heavy (non-hydrogen) atoms. The van der Waals surface area contributed by atoms with E-state index in [9.17, 15) is 0 Å². The van der Waals surface area contributed by atoms with Crippen LogP contribution in [0.25, 0.3) is 0 Å². The van der Waals surface area contributed by atoms with Crippen LogP contribution in [0.5, 0.6) is 0 Å². The predicted octanol–water partition coefficient (Wildman–Crippen LogP) is 5.08. The van der Waals surface area contributed by atoms with Crippen molar-refractivity contribution in [3.63, 3.8) is 0 Å². The Morgan fingerprint density at radius 1 is 0.500 bits per heavy atom. The highest BCUT2D eigenvalue weighted by Gasteiger charge is 2.54. The third kappa shape index (κ3) is 8.85. The van der Waals surface area contributed by atoms with Crippen molar-refractivity contribution in [1.82, 2.24) is 0 Å². The van der Waals surface area contributed by atoms with Gasteiger partial charge in [-0.3, -0.25) is 0 Å². The van der Waals surface area contributed by atoms with Crippen molar-refractivity contribution < 1.29 is 26.2 Å². The fourth-order valence-corrected chi connectivity index (χ4v) is 15.8. The molecule has 6 nitrogen and oxygen atoms in total. The van der Waals surface area contributed by atoms with Crippen molar-refractivity contribution in [2.45, 2.75) is 26.3 Å². The summed E-state index contributed by atoms with van der Waals surface area (Å²) in [6, 6.07) is 42.3. The largest absolute Gasteiger partial charge is 0.500 e. The minimum Gasteiger partial charge on any atom is -0.401 e. The van der Waals surface area contributed by atoms with Gasteiger partial charge in [-0.25, -0.2) is 0 Å². The van der Waals surface area contributed by atoms with Crippen LogP contribution in [0.2, 0.25) is 6.04 Å². The van der Waals surface area contributed by atoms with E-state index in [4.69, 9.17) is 37.8 Å². The predicted molar refractivity (Wildman–Crippen MR) is 187 cm³/mol. The highest BCUT2D eigenvalue weighted by molar-refractivity contribution is 7.04. The Labute approximate surface area is 271 Å². The summed E-state index contributed by atoms with van der Waals surface area (Å²) < 4.78 is 36.4. The molecule has 10 heteroatoms. The van der Waals surface area contributed by atoms with Gasteiger partial charge < -0.3 is 26.2 Å². The number of rotatable bonds is 16. The number of benzene rings is 4. The molecule has 236 valence electrons. The van der Waals surface area contributed by atoms with E-state index in [0.29, 0.717) is 19.1 Å². The Morgan fingerprint density at radius 3 is 1.02 bits per heavy atom. The molecule has 0 aliphatic carbocycles. The van der Waals surface area contributed by atoms with Crippen LogP contribution < -0.4 is 20.7 Å². The monoisotopic (exact) mass is 668 g/mol. The van der Waals surface area contributed by atoms with Crippen molar-refractivity contribution in [2.24, 2.45) is 0 Å². The molecule has 0 atom stereocenters. The molecule has 0 N–H and O–H groups in total. The smallest absolute Gasteiger partial charge is 0.401 e. The molecule has 0 spiro atoms. The Kier molecular flexibility index (Phi) is 15.2. The average Bonchev–Trinajstić information content (AvgIpc) is 3.10. The minimum atomic E-state index is -3.15. The van der Waals surface area contributed by atoms with E-state index in [0.717, 1.165) is 33.2 Å². The molecule has 0 aromatic heterocycles. The summed E-state index contributed by atoms with van der Waals surface area (Å²) in [4.78, 5) is 0. The summed E-state index contributed by atoms with van der Waals surface area (Å²) in [7, 11) is -3.81. The van der Waals surface area contributed by atoms with Crippen LogP contribution in [0.15, 0.2) is 121 Å². The molecule has 0 aliphatic rings. The molecule has 0 amide bonds. The second-order valence-electron chi connectivity index (χ2n) is 9.75. The fourth-order valence-electron chi connectivity index (χ4n) is 5.04. The number of halogens is 1. The lowest BCUT2D eigenvalue weighted by Crippen LogP contribution is -2.75. The van der Waals surface area contributed by atoms with E-state index in [-0.39, 0.29) is 0 Å². The molecule has 0 fully saturated rings. The van der Waals surface area contributed by atoms with E-state index in [1.165, 1.54) is 0 Å². The van der Waals surface area contributed by atoms with E-state index in [2.05, 4.69) is 97.1 Å². The first-order valence-electron chi connectivity index (χ1n) is 14.9. The number of hydrogen-bond acceptors (Lipinski definition) is 6. The minimum absolute atomic E-state index is 0.538. The van der Waals surface area contributed by atoms with Crippen molar-refractivity contribution in [3.05, 3.63) is 121 Å². The molecule has 0 unspecified atom stereocenters. The molecule has 4 rings (SSSR count). The molecule has 0 saturated heterocycles. The Morgan fingerprint density at radius 2 is 0.795 bits per heavy atom. The Hall–Kier alpha value is -2.42. The third-order valence-electron chi connectivity index (χ3n) is 7.15. The lowest BCUT2D eigenvalue weighted by atomic mass is 10.4. The van der Waals surface area contributed by atoms with Crippen molar-refractivity contribution >= 4 is 58.3 Å². The second-order valence-corrected chi connectivity index (χ2v) is 19.4. The van der Waals surface area contributed by atoms with Gasteiger partial charge in [0, 0.05) is 46.5 Å². The van der Waals surface area contributed by atoms with Crippen LogP contribution in [0, 0.1) is 0 Å².